The Bertz CT molecular complexity index is 1120. The highest BCUT2D eigenvalue weighted by Gasteiger charge is 2.24. The van der Waals surface area contributed by atoms with Gasteiger partial charge in [0.05, 0.1) is 10.7 Å². The predicted octanol–water partition coefficient (Wildman–Crippen LogP) is 5.22. The van der Waals surface area contributed by atoms with E-state index < -0.39 is 0 Å². The number of furan rings is 1. The monoisotopic (exact) mass is 501 g/mol. The van der Waals surface area contributed by atoms with Crippen molar-refractivity contribution in [3.05, 3.63) is 81.2 Å². The molecule has 0 bridgehead atoms. The first-order chi connectivity index (χ1) is 14.9. The van der Waals surface area contributed by atoms with Crippen molar-refractivity contribution in [2.75, 3.05) is 36.4 Å². The van der Waals surface area contributed by atoms with Crippen molar-refractivity contribution < 1.29 is 14.0 Å². The van der Waals surface area contributed by atoms with Crippen LogP contribution in [0.2, 0.25) is 5.02 Å². The fraction of sp³-hybridized carbons (Fsp3) is 0.217. The van der Waals surface area contributed by atoms with E-state index in [1.54, 1.807) is 18.2 Å². The number of carbonyl (C=O) groups excluding carboxylic acids is 2. The zero-order valence-electron chi connectivity index (χ0n) is 16.9. The molecule has 31 heavy (non-hydrogen) atoms. The van der Waals surface area contributed by atoms with Crippen molar-refractivity contribution in [2.45, 2.75) is 6.92 Å². The number of anilines is 2. The van der Waals surface area contributed by atoms with E-state index >= 15 is 0 Å². The smallest absolute Gasteiger partial charge is 0.291 e. The predicted molar refractivity (Wildman–Crippen MR) is 125 cm³/mol. The van der Waals surface area contributed by atoms with Gasteiger partial charge in [0, 0.05) is 37.4 Å². The second-order valence-electron chi connectivity index (χ2n) is 7.32. The minimum atomic E-state index is -0.349. The highest BCUT2D eigenvalue weighted by Crippen LogP contribution is 2.30. The molecule has 0 aliphatic carbocycles. The average Bonchev–Trinajstić information content (AvgIpc) is 3.20. The molecule has 6 nitrogen and oxygen atoms in total. The third kappa shape index (κ3) is 4.78. The third-order valence-electron chi connectivity index (χ3n) is 5.29. The van der Waals surface area contributed by atoms with E-state index in [0.717, 1.165) is 16.8 Å². The zero-order chi connectivity index (χ0) is 22.0. The molecular formula is C23H21BrClN3O3. The molecule has 1 N–H and O–H groups in total. The zero-order valence-corrected chi connectivity index (χ0v) is 19.2. The maximum Gasteiger partial charge on any atom is 0.291 e. The van der Waals surface area contributed by atoms with E-state index in [0.29, 0.717) is 41.6 Å². The summed E-state index contributed by atoms with van der Waals surface area (Å²) >= 11 is 9.69. The Balaban J connectivity index is 1.39. The SMILES string of the molecule is Cc1ccccc1C(=O)N1CCN(c2ccc(NC(=O)c3ccc(Br)o3)cc2Cl)CC1. The van der Waals surface area contributed by atoms with E-state index in [1.807, 2.05) is 48.2 Å². The molecule has 1 aromatic heterocycles. The number of amides is 2. The number of rotatable bonds is 4. The fourth-order valence-electron chi connectivity index (χ4n) is 3.60. The summed E-state index contributed by atoms with van der Waals surface area (Å²) in [6, 6.07) is 16.3. The Hall–Kier alpha value is -2.77. The Kier molecular flexibility index (Phi) is 6.34. The van der Waals surface area contributed by atoms with Crippen LogP contribution in [0.15, 0.2) is 63.7 Å². The number of piperazine rings is 1. The first kappa shape index (κ1) is 21.5. The first-order valence-electron chi connectivity index (χ1n) is 9.88. The Morgan fingerprint density at radius 2 is 1.77 bits per heavy atom. The summed E-state index contributed by atoms with van der Waals surface area (Å²) in [5.74, 6) is -0.0779. The van der Waals surface area contributed by atoms with Crippen molar-refractivity contribution in [3.63, 3.8) is 0 Å². The summed E-state index contributed by atoms with van der Waals surface area (Å²) in [7, 11) is 0. The van der Waals surface area contributed by atoms with E-state index in [2.05, 4.69) is 26.1 Å². The van der Waals surface area contributed by atoms with Crippen LogP contribution in [0.1, 0.15) is 26.5 Å². The van der Waals surface area contributed by atoms with Crippen LogP contribution >= 0.6 is 27.5 Å². The lowest BCUT2D eigenvalue weighted by Gasteiger charge is -2.36. The van der Waals surface area contributed by atoms with Gasteiger partial charge in [-0.15, -0.1) is 0 Å². The maximum atomic E-state index is 12.8. The van der Waals surface area contributed by atoms with Crippen molar-refractivity contribution in [1.29, 1.82) is 0 Å². The molecule has 8 heteroatoms. The van der Waals surface area contributed by atoms with Crippen molar-refractivity contribution >= 4 is 50.7 Å². The number of nitrogens with one attached hydrogen (secondary N) is 1. The molecule has 2 aromatic carbocycles. The van der Waals surface area contributed by atoms with Gasteiger partial charge < -0.3 is 19.5 Å². The molecule has 1 saturated heterocycles. The van der Waals surface area contributed by atoms with Crippen LogP contribution < -0.4 is 10.2 Å². The summed E-state index contributed by atoms with van der Waals surface area (Å²) < 4.78 is 5.76. The van der Waals surface area contributed by atoms with E-state index in [9.17, 15) is 9.59 Å². The topological polar surface area (TPSA) is 65.8 Å². The first-order valence-corrected chi connectivity index (χ1v) is 11.1. The quantitative estimate of drug-likeness (QED) is 0.531. The molecule has 2 amide bonds. The van der Waals surface area contributed by atoms with Crippen LogP contribution in [0.3, 0.4) is 0 Å². The molecule has 3 aromatic rings. The lowest BCUT2D eigenvalue weighted by atomic mass is 10.1. The van der Waals surface area contributed by atoms with Gasteiger partial charge in [0.15, 0.2) is 10.4 Å². The van der Waals surface area contributed by atoms with Gasteiger partial charge in [-0.05, 0) is 64.8 Å². The molecule has 2 heterocycles. The van der Waals surface area contributed by atoms with Gasteiger partial charge in [-0.3, -0.25) is 9.59 Å². The Morgan fingerprint density at radius 3 is 2.42 bits per heavy atom. The van der Waals surface area contributed by atoms with Crippen LogP contribution in [0.4, 0.5) is 11.4 Å². The number of halogens is 2. The summed E-state index contributed by atoms with van der Waals surface area (Å²) in [6.07, 6.45) is 0. The normalized spacial score (nSPS) is 13.9. The van der Waals surface area contributed by atoms with Gasteiger partial charge in [0.25, 0.3) is 11.8 Å². The largest absolute Gasteiger partial charge is 0.444 e. The van der Waals surface area contributed by atoms with Crippen LogP contribution in [0, 0.1) is 6.92 Å². The van der Waals surface area contributed by atoms with Crippen molar-refractivity contribution in [2.24, 2.45) is 0 Å². The van der Waals surface area contributed by atoms with Crippen molar-refractivity contribution in [3.8, 4) is 0 Å². The van der Waals surface area contributed by atoms with Crippen LogP contribution in [-0.2, 0) is 0 Å². The fourth-order valence-corrected chi connectivity index (χ4v) is 4.21. The molecule has 0 unspecified atom stereocenters. The molecule has 1 aliphatic rings. The number of hydrogen-bond acceptors (Lipinski definition) is 4. The van der Waals surface area contributed by atoms with Gasteiger partial charge in [-0.1, -0.05) is 29.8 Å². The van der Waals surface area contributed by atoms with Gasteiger partial charge >= 0.3 is 0 Å². The van der Waals surface area contributed by atoms with Crippen molar-refractivity contribution in [1.82, 2.24) is 4.90 Å². The minimum absolute atomic E-state index is 0.0615. The number of aryl methyl sites for hydroxylation is 1. The van der Waals surface area contributed by atoms with Gasteiger partial charge in [0.2, 0.25) is 0 Å². The molecule has 1 fully saturated rings. The molecular weight excluding hydrogens is 482 g/mol. The molecule has 4 rings (SSSR count). The summed E-state index contributed by atoms with van der Waals surface area (Å²) in [4.78, 5) is 29.1. The highest BCUT2D eigenvalue weighted by molar-refractivity contribution is 9.10. The second kappa shape index (κ2) is 9.16. The van der Waals surface area contributed by atoms with Crippen LogP contribution in [0.25, 0.3) is 0 Å². The van der Waals surface area contributed by atoms with Gasteiger partial charge in [-0.25, -0.2) is 0 Å². The second-order valence-corrected chi connectivity index (χ2v) is 8.51. The summed E-state index contributed by atoms with van der Waals surface area (Å²) in [5, 5.41) is 3.32. The lowest BCUT2D eigenvalue weighted by Crippen LogP contribution is -2.49. The number of benzene rings is 2. The van der Waals surface area contributed by atoms with E-state index in [1.165, 1.54) is 0 Å². The lowest BCUT2D eigenvalue weighted by molar-refractivity contribution is 0.0746. The third-order valence-corrected chi connectivity index (χ3v) is 6.01. The molecule has 0 radical (unpaired) electrons. The molecule has 0 spiro atoms. The average molecular weight is 503 g/mol. The Labute approximate surface area is 193 Å². The highest BCUT2D eigenvalue weighted by atomic mass is 79.9. The van der Waals surface area contributed by atoms with Crippen LogP contribution in [0.5, 0.6) is 0 Å². The molecule has 1 aliphatic heterocycles. The van der Waals surface area contributed by atoms with Gasteiger partial charge in [-0.2, -0.15) is 0 Å². The number of nitrogens with zero attached hydrogens (tertiary/aromatic N) is 2. The number of hydrogen-bond donors (Lipinski definition) is 1. The minimum Gasteiger partial charge on any atom is -0.444 e. The van der Waals surface area contributed by atoms with Crippen LogP contribution in [-0.4, -0.2) is 42.9 Å². The molecule has 0 atom stereocenters. The summed E-state index contributed by atoms with van der Waals surface area (Å²) in [6.45, 7) is 4.56. The van der Waals surface area contributed by atoms with E-state index in [-0.39, 0.29) is 17.6 Å². The van der Waals surface area contributed by atoms with Gasteiger partial charge in [0.1, 0.15) is 0 Å². The number of carbonyl (C=O) groups is 2. The standard InChI is InChI=1S/C23H21BrClN3O3/c1-15-4-2-3-5-17(15)23(30)28-12-10-27(11-13-28)19-7-6-16(14-18(19)25)26-22(29)20-8-9-21(24)31-20/h2-9,14H,10-13H2,1H3,(H,26,29). The maximum absolute atomic E-state index is 12.8. The molecule has 0 saturated carbocycles. The molecule has 160 valence electrons. The summed E-state index contributed by atoms with van der Waals surface area (Å²) in [5.41, 5.74) is 3.19. The van der Waals surface area contributed by atoms with E-state index in [4.69, 9.17) is 16.0 Å². The Morgan fingerprint density at radius 1 is 1.03 bits per heavy atom.